The SMILES string of the molecule is C=CCN1C(=O)C(CC(=O)Nc2ccc(OCC)cc2)SC1=Nc1ccc(Cl)cc1. The maximum atomic E-state index is 12.8. The zero-order valence-corrected chi connectivity index (χ0v) is 18.1. The van der Waals surface area contributed by atoms with Gasteiger partial charge in [-0.25, -0.2) is 4.99 Å². The molecule has 1 unspecified atom stereocenters. The molecule has 1 fully saturated rings. The van der Waals surface area contributed by atoms with Gasteiger partial charge in [-0.3, -0.25) is 14.5 Å². The van der Waals surface area contributed by atoms with Crippen LogP contribution >= 0.6 is 23.4 Å². The van der Waals surface area contributed by atoms with Crippen molar-refractivity contribution in [3.05, 3.63) is 66.2 Å². The van der Waals surface area contributed by atoms with Crippen molar-refractivity contribution in [2.45, 2.75) is 18.6 Å². The highest BCUT2D eigenvalue weighted by Crippen LogP contribution is 2.32. The van der Waals surface area contributed by atoms with E-state index in [-0.39, 0.29) is 18.2 Å². The molecule has 0 radical (unpaired) electrons. The third-order valence-corrected chi connectivity index (χ3v) is 5.63. The van der Waals surface area contributed by atoms with Gasteiger partial charge in [-0.1, -0.05) is 29.4 Å². The Labute approximate surface area is 185 Å². The fraction of sp³-hybridized carbons (Fsp3) is 0.227. The van der Waals surface area contributed by atoms with Gasteiger partial charge < -0.3 is 10.1 Å². The van der Waals surface area contributed by atoms with Crippen LogP contribution in [0.25, 0.3) is 0 Å². The molecule has 0 aliphatic carbocycles. The maximum absolute atomic E-state index is 12.8. The molecule has 156 valence electrons. The smallest absolute Gasteiger partial charge is 0.242 e. The van der Waals surface area contributed by atoms with Gasteiger partial charge in [0.2, 0.25) is 11.8 Å². The van der Waals surface area contributed by atoms with Crippen LogP contribution in [0.1, 0.15) is 13.3 Å². The van der Waals surface area contributed by atoms with Crippen LogP contribution in [0, 0.1) is 0 Å². The van der Waals surface area contributed by atoms with Crippen LogP contribution in [0.4, 0.5) is 11.4 Å². The summed E-state index contributed by atoms with van der Waals surface area (Å²) in [7, 11) is 0. The highest BCUT2D eigenvalue weighted by molar-refractivity contribution is 8.15. The number of carbonyl (C=O) groups excluding carboxylic acids is 2. The molecule has 0 spiro atoms. The van der Waals surface area contributed by atoms with Gasteiger partial charge in [0.1, 0.15) is 11.0 Å². The van der Waals surface area contributed by atoms with E-state index in [2.05, 4.69) is 16.9 Å². The number of ether oxygens (including phenoxy) is 1. The summed E-state index contributed by atoms with van der Waals surface area (Å²) in [6.07, 6.45) is 1.68. The van der Waals surface area contributed by atoms with Gasteiger partial charge in [-0.2, -0.15) is 0 Å². The number of hydrogen-bond acceptors (Lipinski definition) is 5. The molecule has 0 bridgehead atoms. The molecule has 1 heterocycles. The number of aliphatic imine (C=N–C) groups is 1. The predicted octanol–water partition coefficient (Wildman–Crippen LogP) is 4.89. The molecule has 2 amide bonds. The second kappa shape index (κ2) is 10.3. The van der Waals surface area contributed by atoms with Crippen LogP contribution < -0.4 is 10.1 Å². The molecule has 1 N–H and O–H groups in total. The van der Waals surface area contributed by atoms with Gasteiger partial charge in [-0.15, -0.1) is 6.58 Å². The fourth-order valence-electron chi connectivity index (χ4n) is 2.83. The van der Waals surface area contributed by atoms with E-state index in [1.807, 2.05) is 6.92 Å². The van der Waals surface area contributed by atoms with Gasteiger partial charge >= 0.3 is 0 Å². The van der Waals surface area contributed by atoms with Crippen LogP contribution in [-0.4, -0.2) is 40.3 Å². The molecule has 0 aromatic heterocycles. The van der Waals surface area contributed by atoms with Crippen molar-refractivity contribution in [2.75, 3.05) is 18.5 Å². The second-order valence-corrected chi connectivity index (χ2v) is 8.03. The van der Waals surface area contributed by atoms with E-state index in [0.717, 1.165) is 5.75 Å². The normalized spacial score (nSPS) is 17.3. The molecule has 1 aliphatic rings. The van der Waals surface area contributed by atoms with Crippen LogP contribution in [0.15, 0.2) is 66.2 Å². The summed E-state index contributed by atoms with van der Waals surface area (Å²) in [5, 5.41) is 3.43. The third kappa shape index (κ3) is 5.64. The molecule has 2 aromatic carbocycles. The van der Waals surface area contributed by atoms with Gasteiger partial charge in [-0.05, 0) is 55.5 Å². The monoisotopic (exact) mass is 443 g/mol. The largest absolute Gasteiger partial charge is 0.494 e. The molecular formula is C22H22ClN3O3S. The zero-order chi connectivity index (χ0) is 21.5. The number of amidine groups is 1. The first-order chi connectivity index (χ1) is 14.5. The molecular weight excluding hydrogens is 422 g/mol. The Bertz CT molecular complexity index is 945. The van der Waals surface area contributed by atoms with Crippen molar-refractivity contribution in [3.63, 3.8) is 0 Å². The lowest BCUT2D eigenvalue weighted by atomic mass is 10.2. The summed E-state index contributed by atoms with van der Waals surface area (Å²) < 4.78 is 5.39. The number of nitrogens with zero attached hydrogens (tertiary/aromatic N) is 2. The number of thioether (sulfide) groups is 1. The van der Waals surface area contributed by atoms with Crippen LogP contribution in [-0.2, 0) is 9.59 Å². The molecule has 0 saturated carbocycles. The quantitative estimate of drug-likeness (QED) is 0.590. The lowest BCUT2D eigenvalue weighted by molar-refractivity contribution is -0.127. The Morgan fingerprint density at radius 1 is 1.27 bits per heavy atom. The Balaban J connectivity index is 1.67. The highest BCUT2D eigenvalue weighted by atomic mass is 35.5. The number of carbonyl (C=O) groups is 2. The summed E-state index contributed by atoms with van der Waals surface area (Å²) in [6, 6.07) is 14.1. The van der Waals surface area contributed by atoms with E-state index >= 15 is 0 Å². The van der Waals surface area contributed by atoms with Crippen LogP contribution in [0.5, 0.6) is 5.75 Å². The minimum Gasteiger partial charge on any atom is -0.494 e. The van der Waals surface area contributed by atoms with Crippen molar-refractivity contribution < 1.29 is 14.3 Å². The summed E-state index contributed by atoms with van der Waals surface area (Å²) in [6.45, 7) is 6.52. The van der Waals surface area contributed by atoms with Gasteiger partial charge in [0.25, 0.3) is 0 Å². The molecule has 6 nitrogen and oxygen atoms in total. The van der Waals surface area contributed by atoms with Crippen molar-refractivity contribution in [1.29, 1.82) is 0 Å². The molecule has 1 atom stereocenters. The van der Waals surface area contributed by atoms with Gasteiger partial charge in [0.05, 0.1) is 12.3 Å². The minimum atomic E-state index is -0.543. The summed E-state index contributed by atoms with van der Waals surface area (Å²) in [5.41, 5.74) is 1.33. The fourth-order valence-corrected chi connectivity index (χ4v) is 4.12. The molecule has 30 heavy (non-hydrogen) atoms. The predicted molar refractivity (Wildman–Crippen MR) is 123 cm³/mol. The average Bonchev–Trinajstić information content (AvgIpc) is 3.00. The van der Waals surface area contributed by atoms with Gasteiger partial charge in [0, 0.05) is 23.7 Å². The third-order valence-electron chi connectivity index (χ3n) is 4.20. The number of nitrogens with one attached hydrogen (secondary N) is 1. The topological polar surface area (TPSA) is 71.0 Å². The van der Waals surface area contributed by atoms with E-state index in [9.17, 15) is 9.59 Å². The summed E-state index contributed by atoms with van der Waals surface area (Å²) in [5.74, 6) is 0.339. The van der Waals surface area contributed by atoms with Crippen molar-refractivity contribution in [3.8, 4) is 5.75 Å². The molecule has 3 rings (SSSR count). The Morgan fingerprint density at radius 2 is 1.97 bits per heavy atom. The molecule has 8 heteroatoms. The first-order valence-corrected chi connectivity index (χ1v) is 10.7. The lowest BCUT2D eigenvalue weighted by Crippen LogP contribution is -2.33. The summed E-state index contributed by atoms with van der Waals surface area (Å²) in [4.78, 5) is 31.4. The first kappa shape index (κ1) is 21.9. The standard InChI is InChI=1S/C22H22ClN3O3S/c1-3-13-26-21(28)19(30-22(26)25-17-7-5-15(23)6-8-17)14-20(27)24-16-9-11-18(12-10-16)29-4-2/h3,5-12,19H,1,4,13-14H2,2H3,(H,24,27). The number of anilines is 1. The van der Waals surface area contributed by atoms with Crippen molar-refractivity contribution in [2.24, 2.45) is 4.99 Å². The first-order valence-electron chi connectivity index (χ1n) is 9.46. The second-order valence-electron chi connectivity index (χ2n) is 6.42. The Kier molecular flexibility index (Phi) is 7.54. The number of rotatable bonds is 8. The van der Waals surface area contributed by atoms with Crippen molar-refractivity contribution >= 4 is 51.7 Å². The van der Waals surface area contributed by atoms with E-state index in [0.29, 0.717) is 34.7 Å². The highest BCUT2D eigenvalue weighted by Gasteiger charge is 2.38. The van der Waals surface area contributed by atoms with E-state index in [1.54, 1.807) is 59.5 Å². The van der Waals surface area contributed by atoms with Crippen LogP contribution in [0.3, 0.4) is 0 Å². The summed E-state index contributed by atoms with van der Waals surface area (Å²) >= 11 is 7.20. The minimum absolute atomic E-state index is 0.0456. The lowest BCUT2D eigenvalue weighted by Gasteiger charge is -2.13. The molecule has 2 aromatic rings. The zero-order valence-electron chi connectivity index (χ0n) is 16.5. The van der Waals surface area contributed by atoms with E-state index < -0.39 is 5.25 Å². The molecule has 1 aliphatic heterocycles. The van der Waals surface area contributed by atoms with E-state index in [4.69, 9.17) is 16.3 Å². The van der Waals surface area contributed by atoms with Crippen LogP contribution in [0.2, 0.25) is 5.02 Å². The molecule has 1 saturated heterocycles. The number of benzene rings is 2. The van der Waals surface area contributed by atoms with Gasteiger partial charge in [0.15, 0.2) is 5.17 Å². The number of halogens is 1. The maximum Gasteiger partial charge on any atom is 0.242 e. The van der Waals surface area contributed by atoms with Crippen molar-refractivity contribution in [1.82, 2.24) is 4.90 Å². The van der Waals surface area contributed by atoms with E-state index in [1.165, 1.54) is 11.8 Å². The number of amides is 2. The number of hydrogen-bond donors (Lipinski definition) is 1. The Hall–Kier alpha value is -2.77. The average molecular weight is 444 g/mol. The Morgan fingerprint density at radius 3 is 2.60 bits per heavy atom.